The number of halogens is 2. The SMILES string of the molecule is CCC(c1ccc(OCC(=O)OCCNCCCl)cc1)C(CC)c1ccc(OCC(=O)OCCNCCCl)cc1. The maximum absolute atomic E-state index is 11.9. The number of carbonyl (C=O) groups excluding carboxylic acids is 2. The number of rotatable bonds is 21. The molecule has 40 heavy (non-hydrogen) atoms. The summed E-state index contributed by atoms with van der Waals surface area (Å²) in [6.45, 7) is 7.12. The number of esters is 2. The van der Waals surface area contributed by atoms with E-state index < -0.39 is 11.9 Å². The fourth-order valence-corrected chi connectivity index (χ4v) is 4.62. The van der Waals surface area contributed by atoms with Crippen molar-refractivity contribution in [2.75, 3.05) is 64.4 Å². The normalized spacial score (nSPS) is 12.4. The van der Waals surface area contributed by atoms with Crippen molar-refractivity contribution in [3.8, 4) is 11.5 Å². The third-order valence-electron chi connectivity index (χ3n) is 6.32. The highest BCUT2D eigenvalue weighted by atomic mass is 35.5. The Balaban J connectivity index is 1.86. The second-order valence-corrected chi connectivity index (χ2v) is 9.82. The molecular weight excluding hydrogens is 555 g/mol. The molecule has 0 aliphatic heterocycles. The molecule has 2 unspecified atom stereocenters. The van der Waals surface area contributed by atoms with Crippen LogP contribution in [0.25, 0.3) is 0 Å². The van der Waals surface area contributed by atoms with Gasteiger partial charge >= 0.3 is 11.9 Å². The smallest absolute Gasteiger partial charge is 0.344 e. The molecular formula is C30H42Cl2N2O6. The average Bonchev–Trinajstić information content (AvgIpc) is 2.98. The van der Waals surface area contributed by atoms with Crippen molar-refractivity contribution in [2.45, 2.75) is 38.5 Å². The van der Waals surface area contributed by atoms with E-state index in [1.807, 2.05) is 24.3 Å². The molecule has 0 fully saturated rings. The molecule has 0 aliphatic rings. The third-order valence-corrected chi connectivity index (χ3v) is 6.70. The molecule has 2 rings (SSSR count). The van der Waals surface area contributed by atoms with Gasteiger partial charge in [-0.25, -0.2) is 9.59 Å². The van der Waals surface area contributed by atoms with Gasteiger partial charge in [-0.1, -0.05) is 38.1 Å². The van der Waals surface area contributed by atoms with Crippen LogP contribution in [0.15, 0.2) is 48.5 Å². The van der Waals surface area contributed by atoms with Crippen LogP contribution in [0, 0.1) is 0 Å². The lowest BCUT2D eigenvalue weighted by molar-refractivity contribution is -0.146. The highest BCUT2D eigenvalue weighted by Gasteiger charge is 2.22. The summed E-state index contributed by atoms with van der Waals surface area (Å²) in [6, 6.07) is 15.8. The van der Waals surface area contributed by atoms with Gasteiger partial charge in [0.15, 0.2) is 13.2 Å². The van der Waals surface area contributed by atoms with Gasteiger partial charge in [-0.3, -0.25) is 0 Å². The van der Waals surface area contributed by atoms with Gasteiger partial charge < -0.3 is 29.6 Å². The largest absolute Gasteiger partial charge is 0.482 e. The van der Waals surface area contributed by atoms with Crippen molar-refractivity contribution >= 4 is 35.1 Å². The van der Waals surface area contributed by atoms with Crippen molar-refractivity contribution < 1.29 is 28.5 Å². The lowest BCUT2D eigenvalue weighted by Gasteiger charge is -2.26. The monoisotopic (exact) mass is 596 g/mol. The number of alkyl halides is 2. The zero-order valence-electron chi connectivity index (χ0n) is 23.5. The Labute approximate surface area is 248 Å². The third kappa shape index (κ3) is 12.8. The molecule has 222 valence electrons. The predicted octanol–water partition coefficient (Wildman–Crippen LogP) is 4.87. The Morgan fingerprint density at radius 3 is 1.35 bits per heavy atom. The number of nitrogens with one attached hydrogen (secondary N) is 2. The molecule has 8 nitrogen and oxygen atoms in total. The highest BCUT2D eigenvalue weighted by molar-refractivity contribution is 6.18. The van der Waals surface area contributed by atoms with Crippen molar-refractivity contribution in [1.82, 2.24) is 10.6 Å². The number of benzene rings is 2. The van der Waals surface area contributed by atoms with E-state index in [0.29, 0.717) is 61.3 Å². The fraction of sp³-hybridized carbons (Fsp3) is 0.533. The van der Waals surface area contributed by atoms with E-state index in [1.165, 1.54) is 11.1 Å². The number of ether oxygens (including phenoxy) is 4. The first-order valence-corrected chi connectivity index (χ1v) is 14.9. The summed E-state index contributed by atoms with van der Waals surface area (Å²) in [7, 11) is 0. The first kappa shape index (κ1) is 33.7. The van der Waals surface area contributed by atoms with Crippen LogP contribution in [-0.2, 0) is 19.1 Å². The molecule has 0 heterocycles. The topological polar surface area (TPSA) is 95.1 Å². The molecule has 0 amide bonds. The number of hydrogen-bond donors (Lipinski definition) is 2. The van der Waals surface area contributed by atoms with Crippen molar-refractivity contribution in [1.29, 1.82) is 0 Å². The van der Waals surface area contributed by atoms with Gasteiger partial charge in [0.2, 0.25) is 0 Å². The van der Waals surface area contributed by atoms with Crippen LogP contribution in [0.4, 0.5) is 0 Å². The zero-order chi connectivity index (χ0) is 29.0. The van der Waals surface area contributed by atoms with Crippen molar-refractivity contribution in [2.24, 2.45) is 0 Å². The van der Waals surface area contributed by atoms with Crippen LogP contribution in [-0.4, -0.2) is 76.3 Å². The summed E-state index contributed by atoms with van der Waals surface area (Å²) in [5.74, 6) is 2.06. The molecule has 2 N–H and O–H groups in total. The highest BCUT2D eigenvalue weighted by Crippen LogP contribution is 2.38. The quantitative estimate of drug-likeness (QED) is 0.120. The lowest BCUT2D eigenvalue weighted by atomic mass is 9.78. The number of carbonyl (C=O) groups is 2. The summed E-state index contributed by atoms with van der Waals surface area (Å²) >= 11 is 11.2. The zero-order valence-corrected chi connectivity index (χ0v) is 25.0. The number of hydrogen-bond acceptors (Lipinski definition) is 8. The second-order valence-electron chi connectivity index (χ2n) is 9.06. The Morgan fingerprint density at radius 2 is 1.02 bits per heavy atom. The predicted molar refractivity (Wildman–Crippen MR) is 159 cm³/mol. The molecule has 2 aromatic rings. The van der Waals surface area contributed by atoms with Gasteiger partial charge in [-0.2, -0.15) is 0 Å². The van der Waals surface area contributed by atoms with Gasteiger partial charge in [0.05, 0.1) is 0 Å². The van der Waals surface area contributed by atoms with Gasteiger partial charge in [-0.15, -0.1) is 23.2 Å². The van der Waals surface area contributed by atoms with Gasteiger partial charge in [0.1, 0.15) is 24.7 Å². The van der Waals surface area contributed by atoms with E-state index in [2.05, 4.69) is 48.7 Å². The minimum atomic E-state index is -0.408. The van der Waals surface area contributed by atoms with Crippen molar-refractivity contribution in [3.05, 3.63) is 59.7 Å². The van der Waals surface area contributed by atoms with Gasteiger partial charge in [0, 0.05) is 37.9 Å². The molecule has 0 aromatic heterocycles. The van der Waals surface area contributed by atoms with E-state index in [1.54, 1.807) is 0 Å². The first-order valence-electron chi connectivity index (χ1n) is 13.8. The molecule has 0 radical (unpaired) electrons. The standard InChI is InChI=1S/C30H42Cl2N2O6/c1-3-27(23-5-9-25(10-6-23)39-21-29(35)37-19-17-33-15-13-31)28(4-2)24-7-11-26(12-8-24)40-22-30(36)38-20-18-34-16-14-32/h5-12,27-28,33-34H,3-4,13-22H2,1-2H3. The minimum absolute atomic E-state index is 0.137. The van der Waals surface area contributed by atoms with Crippen LogP contribution in [0.2, 0.25) is 0 Å². The Kier molecular flexibility index (Phi) is 17.2. The van der Waals surface area contributed by atoms with E-state index in [-0.39, 0.29) is 26.4 Å². The molecule has 0 saturated heterocycles. The van der Waals surface area contributed by atoms with E-state index in [0.717, 1.165) is 12.8 Å². The molecule has 2 atom stereocenters. The fourth-order valence-electron chi connectivity index (χ4n) is 4.35. The van der Waals surface area contributed by atoms with Gasteiger partial charge in [0.25, 0.3) is 0 Å². The maximum Gasteiger partial charge on any atom is 0.344 e. The van der Waals surface area contributed by atoms with Crippen LogP contribution in [0.3, 0.4) is 0 Å². The maximum atomic E-state index is 11.9. The molecule has 2 aromatic carbocycles. The Hall–Kier alpha value is -2.52. The molecule has 10 heteroatoms. The van der Waals surface area contributed by atoms with Crippen LogP contribution in [0.1, 0.15) is 49.7 Å². The van der Waals surface area contributed by atoms with E-state index in [9.17, 15) is 9.59 Å². The summed E-state index contributed by atoms with van der Waals surface area (Å²) < 4.78 is 21.5. The summed E-state index contributed by atoms with van der Waals surface area (Å²) in [5, 5.41) is 6.11. The van der Waals surface area contributed by atoms with E-state index in [4.69, 9.17) is 42.1 Å². The Bertz CT molecular complexity index is 896. The van der Waals surface area contributed by atoms with Gasteiger partial charge in [-0.05, 0) is 60.1 Å². The minimum Gasteiger partial charge on any atom is -0.482 e. The van der Waals surface area contributed by atoms with Crippen molar-refractivity contribution in [3.63, 3.8) is 0 Å². The lowest BCUT2D eigenvalue weighted by Crippen LogP contribution is -2.24. The molecule has 0 bridgehead atoms. The average molecular weight is 598 g/mol. The van der Waals surface area contributed by atoms with Crippen LogP contribution in [0.5, 0.6) is 11.5 Å². The van der Waals surface area contributed by atoms with E-state index >= 15 is 0 Å². The molecule has 0 spiro atoms. The summed E-state index contributed by atoms with van der Waals surface area (Å²) in [5.41, 5.74) is 2.41. The summed E-state index contributed by atoms with van der Waals surface area (Å²) in [4.78, 5) is 23.8. The second kappa shape index (κ2) is 20.4. The molecule has 0 saturated carbocycles. The first-order chi connectivity index (χ1) is 19.5. The summed E-state index contributed by atoms with van der Waals surface area (Å²) in [6.07, 6.45) is 1.93. The van der Waals surface area contributed by atoms with Crippen LogP contribution >= 0.6 is 23.2 Å². The van der Waals surface area contributed by atoms with Crippen LogP contribution < -0.4 is 20.1 Å². The Morgan fingerprint density at radius 1 is 0.650 bits per heavy atom. The molecule has 0 aliphatic carbocycles.